The van der Waals surface area contributed by atoms with E-state index in [4.69, 9.17) is 20.2 Å². The van der Waals surface area contributed by atoms with Crippen LogP contribution in [0.25, 0.3) is 0 Å². The van der Waals surface area contributed by atoms with Gasteiger partial charge >= 0.3 is 6.09 Å². The molecule has 41 heavy (non-hydrogen) atoms. The number of rotatable bonds is 8. The van der Waals surface area contributed by atoms with Crippen molar-refractivity contribution in [1.29, 1.82) is 0 Å². The lowest BCUT2D eigenvalue weighted by atomic mass is 9.93. The quantitative estimate of drug-likeness (QED) is 0.370. The van der Waals surface area contributed by atoms with Crippen molar-refractivity contribution in [3.63, 3.8) is 0 Å². The van der Waals surface area contributed by atoms with Crippen molar-refractivity contribution in [3.8, 4) is 5.75 Å². The number of nitrogens with one attached hydrogen (secondary N) is 2. The van der Waals surface area contributed by atoms with Crippen molar-refractivity contribution in [3.05, 3.63) is 29.6 Å². The lowest BCUT2D eigenvalue weighted by molar-refractivity contribution is 0.0240. The van der Waals surface area contributed by atoms with Crippen molar-refractivity contribution in [2.75, 3.05) is 48.8 Å². The number of aliphatic hydroxyl groups is 1. The Morgan fingerprint density at radius 2 is 1.76 bits per heavy atom. The SMILES string of the molecule is CCc1nc(C(N)=O)c(Nc2ccc(N3CCN(C(=O)OC(C)(C)C)CC3)c(OC)c2)nc1NC1CCC(O)CC1. The minimum Gasteiger partial charge on any atom is -0.495 e. The van der Waals surface area contributed by atoms with E-state index in [9.17, 15) is 14.7 Å². The van der Waals surface area contributed by atoms with Gasteiger partial charge in [-0.25, -0.2) is 14.8 Å². The molecule has 4 rings (SSSR count). The van der Waals surface area contributed by atoms with Crippen molar-refractivity contribution in [1.82, 2.24) is 14.9 Å². The Bertz CT molecular complexity index is 1230. The van der Waals surface area contributed by atoms with Crippen LogP contribution in [0.3, 0.4) is 0 Å². The number of piperazine rings is 1. The van der Waals surface area contributed by atoms with Crippen molar-refractivity contribution >= 4 is 35.0 Å². The van der Waals surface area contributed by atoms with E-state index in [2.05, 4.69) is 20.5 Å². The predicted molar refractivity (Wildman–Crippen MR) is 158 cm³/mol. The first-order valence-corrected chi connectivity index (χ1v) is 14.3. The maximum atomic E-state index is 12.5. The molecule has 1 aliphatic heterocycles. The van der Waals surface area contributed by atoms with Crippen molar-refractivity contribution < 1.29 is 24.2 Å². The van der Waals surface area contributed by atoms with E-state index in [0.29, 0.717) is 55.5 Å². The Hall–Kier alpha value is -3.80. The summed E-state index contributed by atoms with van der Waals surface area (Å²) < 4.78 is 11.2. The van der Waals surface area contributed by atoms with Gasteiger partial charge in [-0.15, -0.1) is 0 Å². The Balaban J connectivity index is 1.51. The number of hydrogen-bond acceptors (Lipinski definition) is 10. The molecule has 2 aromatic rings. The zero-order valence-electron chi connectivity index (χ0n) is 24.7. The Morgan fingerprint density at radius 3 is 2.34 bits per heavy atom. The van der Waals surface area contributed by atoms with E-state index in [0.717, 1.165) is 31.4 Å². The van der Waals surface area contributed by atoms with Gasteiger partial charge in [-0.3, -0.25) is 4.79 Å². The largest absolute Gasteiger partial charge is 0.495 e. The molecular weight excluding hydrogens is 526 g/mol. The molecule has 1 aromatic heterocycles. The van der Waals surface area contributed by atoms with Gasteiger partial charge in [0.1, 0.15) is 17.2 Å². The number of amides is 2. The number of aliphatic hydroxyl groups excluding tert-OH is 1. The molecule has 0 radical (unpaired) electrons. The summed E-state index contributed by atoms with van der Waals surface area (Å²) in [6.45, 7) is 9.86. The molecule has 12 nitrogen and oxygen atoms in total. The number of benzene rings is 1. The molecule has 2 aliphatic rings. The first-order valence-electron chi connectivity index (χ1n) is 14.3. The van der Waals surface area contributed by atoms with Crippen LogP contribution in [0.5, 0.6) is 5.75 Å². The summed E-state index contributed by atoms with van der Waals surface area (Å²) in [5, 5.41) is 16.5. The lowest BCUT2D eigenvalue weighted by Crippen LogP contribution is -2.50. The highest BCUT2D eigenvalue weighted by Gasteiger charge is 2.27. The zero-order chi connectivity index (χ0) is 29.7. The molecule has 1 saturated carbocycles. The smallest absolute Gasteiger partial charge is 0.410 e. The molecule has 1 aliphatic carbocycles. The molecule has 2 fully saturated rings. The Kier molecular flexibility index (Phi) is 9.42. The van der Waals surface area contributed by atoms with Crippen LogP contribution in [-0.4, -0.2) is 83.0 Å². The first-order chi connectivity index (χ1) is 19.5. The van der Waals surface area contributed by atoms with Crippen molar-refractivity contribution in [2.24, 2.45) is 5.73 Å². The van der Waals surface area contributed by atoms with E-state index < -0.39 is 11.5 Å². The molecule has 0 bridgehead atoms. The fourth-order valence-corrected chi connectivity index (χ4v) is 5.11. The number of carbonyl (C=O) groups excluding carboxylic acids is 2. The van der Waals surface area contributed by atoms with E-state index >= 15 is 0 Å². The molecule has 1 saturated heterocycles. The first kappa shape index (κ1) is 30.2. The summed E-state index contributed by atoms with van der Waals surface area (Å²) in [6, 6.07) is 5.83. The van der Waals surface area contributed by atoms with Crippen molar-refractivity contribution in [2.45, 2.75) is 77.5 Å². The third-order valence-electron chi connectivity index (χ3n) is 7.29. The van der Waals surface area contributed by atoms with Crippen LogP contribution in [-0.2, 0) is 11.2 Å². The van der Waals surface area contributed by atoms with E-state index in [1.54, 1.807) is 12.0 Å². The number of nitrogens with two attached hydrogens (primary N) is 1. The summed E-state index contributed by atoms with van der Waals surface area (Å²) in [5.41, 5.74) is 7.43. The zero-order valence-corrected chi connectivity index (χ0v) is 24.7. The second-order valence-electron chi connectivity index (χ2n) is 11.5. The van der Waals surface area contributed by atoms with E-state index in [1.807, 2.05) is 45.9 Å². The van der Waals surface area contributed by atoms with Crippen LogP contribution in [0.15, 0.2) is 18.2 Å². The summed E-state index contributed by atoms with van der Waals surface area (Å²) in [4.78, 5) is 37.9. The second-order valence-corrected chi connectivity index (χ2v) is 11.5. The minimum atomic E-state index is -0.673. The highest BCUT2D eigenvalue weighted by atomic mass is 16.6. The average molecular weight is 570 g/mol. The standard InChI is InChI=1S/C29H43N7O5/c1-6-21-26(31-18-7-10-20(37)11-8-18)34-27(24(33-21)25(30)38)32-19-9-12-22(23(17-19)40-5)35-13-15-36(16-14-35)28(39)41-29(2,3)4/h9,12,17-18,20,37H,6-8,10-11,13-16H2,1-5H3,(H2,30,38)(H2,31,32,34). The number of aryl methyl sites for hydroxylation is 1. The summed E-state index contributed by atoms with van der Waals surface area (Å²) in [5.74, 6) is 0.828. The topological polar surface area (TPSA) is 155 Å². The normalized spacial score (nSPS) is 19.5. The maximum absolute atomic E-state index is 12.5. The van der Waals surface area contributed by atoms with Gasteiger partial charge < -0.3 is 40.7 Å². The molecule has 2 amide bonds. The number of primary amides is 1. The Morgan fingerprint density at radius 1 is 1.07 bits per heavy atom. The van der Waals surface area contributed by atoms with Crippen LogP contribution in [0.4, 0.5) is 27.8 Å². The van der Waals surface area contributed by atoms with Gasteiger partial charge in [-0.05, 0) is 65.0 Å². The number of methoxy groups -OCH3 is 1. The average Bonchev–Trinajstić information content (AvgIpc) is 2.93. The molecule has 5 N–H and O–H groups in total. The summed E-state index contributed by atoms with van der Waals surface area (Å²) >= 11 is 0. The number of hydrogen-bond donors (Lipinski definition) is 4. The molecule has 12 heteroatoms. The fourth-order valence-electron chi connectivity index (χ4n) is 5.11. The predicted octanol–water partition coefficient (Wildman–Crippen LogP) is 3.66. The monoisotopic (exact) mass is 569 g/mol. The van der Waals surface area contributed by atoms with E-state index in [-0.39, 0.29) is 29.8 Å². The summed E-state index contributed by atoms with van der Waals surface area (Å²) in [7, 11) is 1.60. The van der Waals surface area contributed by atoms with Gasteiger partial charge in [0.05, 0.1) is 24.6 Å². The van der Waals surface area contributed by atoms with Crippen LogP contribution >= 0.6 is 0 Å². The number of anilines is 4. The van der Waals surface area contributed by atoms with Crippen LogP contribution in [0.1, 0.15) is 69.6 Å². The molecule has 0 unspecified atom stereocenters. The van der Waals surface area contributed by atoms with Gasteiger partial charge in [0, 0.05) is 44.0 Å². The molecule has 1 aromatic carbocycles. The van der Waals surface area contributed by atoms with Gasteiger partial charge in [0.25, 0.3) is 5.91 Å². The van der Waals surface area contributed by atoms with Crippen LogP contribution in [0.2, 0.25) is 0 Å². The molecule has 224 valence electrons. The van der Waals surface area contributed by atoms with Crippen LogP contribution in [0, 0.1) is 0 Å². The lowest BCUT2D eigenvalue weighted by Gasteiger charge is -2.37. The number of nitrogens with zero attached hydrogens (tertiary/aromatic N) is 4. The van der Waals surface area contributed by atoms with E-state index in [1.165, 1.54) is 0 Å². The minimum absolute atomic E-state index is 0.0628. The van der Waals surface area contributed by atoms with Gasteiger partial charge in [0.15, 0.2) is 11.5 Å². The number of carbonyl (C=O) groups is 2. The molecular formula is C29H43N7O5. The van der Waals surface area contributed by atoms with Gasteiger partial charge in [0.2, 0.25) is 0 Å². The molecule has 0 spiro atoms. The van der Waals surface area contributed by atoms with Crippen LogP contribution < -0.4 is 26.0 Å². The molecule has 2 heterocycles. The highest BCUT2D eigenvalue weighted by Crippen LogP contribution is 2.34. The Labute approximate surface area is 241 Å². The third-order valence-corrected chi connectivity index (χ3v) is 7.29. The number of ether oxygens (including phenoxy) is 2. The van der Waals surface area contributed by atoms with Gasteiger partial charge in [-0.1, -0.05) is 6.92 Å². The second kappa shape index (κ2) is 12.8. The maximum Gasteiger partial charge on any atom is 0.410 e. The highest BCUT2D eigenvalue weighted by molar-refractivity contribution is 5.96. The van der Waals surface area contributed by atoms with Gasteiger partial charge in [-0.2, -0.15) is 0 Å². The third kappa shape index (κ3) is 7.69. The molecule has 0 atom stereocenters. The fraction of sp³-hybridized carbons (Fsp3) is 0.586. The number of aromatic nitrogens is 2. The summed E-state index contributed by atoms with van der Waals surface area (Å²) in [6.07, 6.45) is 3.15.